The Labute approximate surface area is 147 Å². The zero-order valence-corrected chi connectivity index (χ0v) is 13.6. The number of amides is 1. The third kappa shape index (κ3) is 6.04. The minimum atomic E-state index is -2.94. The summed E-state index contributed by atoms with van der Waals surface area (Å²) in [6.45, 7) is -3.21. The van der Waals surface area contributed by atoms with E-state index in [0.29, 0.717) is 5.02 Å². The van der Waals surface area contributed by atoms with Crippen molar-refractivity contribution < 1.29 is 27.8 Å². The van der Waals surface area contributed by atoms with E-state index in [0.717, 1.165) is 5.56 Å². The van der Waals surface area contributed by atoms with E-state index < -0.39 is 25.1 Å². The number of rotatable bonds is 7. The number of halogens is 3. The Morgan fingerprint density at radius 1 is 1.08 bits per heavy atom. The summed E-state index contributed by atoms with van der Waals surface area (Å²) in [5.41, 5.74) is 0.846. The Morgan fingerprint density at radius 3 is 2.40 bits per heavy atom. The lowest BCUT2D eigenvalue weighted by atomic mass is 10.2. The minimum absolute atomic E-state index is 0.0796. The van der Waals surface area contributed by atoms with Gasteiger partial charge in [0.05, 0.1) is 5.56 Å². The standard InChI is InChI=1S/C17H14ClF2NO4/c18-14-4-2-1-3-12(14)9-21-15(22)10-24-16(23)11-5-7-13(8-6-11)25-17(19)20/h1-8,17H,9-10H2,(H,21,22). The molecule has 0 unspecified atom stereocenters. The van der Waals surface area contributed by atoms with Gasteiger partial charge in [0.2, 0.25) is 0 Å². The molecular formula is C17H14ClF2NO4. The van der Waals surface area contributed by atoms with Crippen LogP contribution >= 0.6 is 11.6 Å². The number of carbonyl (C=O) groups is 2. The second-order valence-electron chi connectivity index (χ2n) is 4.85. The van der Waals surface area contributed by atoms with Crippen LogP contribution in [-0.4, -0.2) is 25.1 Å². The normalized spacial score (nSPS) is 10.4. The van der Waals surface area contributed by atoms with E-state index in [1.165, 1.54) is 24.3 Å². The number of benzene rings is 2. The maximum atomic E-state index is 12.0. The van der Waals surface area contributed by atoms with Gasteiger partial charge in [-0.15, -0.1) is 0 Å². The maximum Gasteiger partial charge on any atom is 0.387 e. The second-order valence-corrected chi connectivity index (χ2v) is 5.25. The van der Waals surface area contributed by atoms with E-state index in [-0.39, 0.29) is 17.9 Å². The van der Waals surface area contributed by atoms with Crippen molar-refractivity contribution in [2.45, 2.75) is 13.2 Å². The van der Waals surface area contributed by atoms with Crippen LogP contribution in [-0.2, 0) is 16.1 Å². The molecule has 1 N–H and O–H groups in total. The molecule has 0 spiro atoms. The number of carbonyl (C=O) groups excluding carboxylic acids is 2. The van der Waals surface area contributed by atoms with E-state index in [1.54, 1.807) is 24.3 Å². The van der Waals surface area contributed by atoms with Gasteiger partial charge in [-0.3, -0.25) is 4.79 Å². The zero-order valence-electron chi connectivity index (χ0n) is 12.9. The topological polar surface area (TPSA) is 64.6 Å². The fourth-order valence-electron chi connectivity index (χ4n) is 1.87. The number of hydrogen-bond donors (Lipinski definition) is 1. The molecule has 2 rings (SSSR count). The summed E-state index contributed by atoms with van der Waals surface area (Å²) >= 11 is 5.97. The van der Waals surface area contributed by atoms with Gasteiger partial charge in [0.25, 0.3) is 5.91 Å². The molecule has 0 aliphatic carbocycles. The van der Waals surface area contributed by atoms with E-state index in [4.69, 9.17) is 16.3 Å². The monoisotopic (exact) mass is 369 g/mol. The van der Waals surface area contributed by atoms with Gasteiger partial charge in [-0.1, -0.05) is 29.8 Å². The van der Waals surface area contributed by atoms with Crippen molar-refractivity contribution >= 4 is 23.5 Å². The van der Waals surface area contributed by atoms with Crippen molar-refractivity contribution in [1.29, 1.82) is 0 Å². The molecule has 0 aromatic heterocycles. The molecule has 132 valence electrons. The Kier molecular flexibility index (Phi) is 6.71. The number of ether oxygens (including phenoxy) is 2. The lowest BCUT2D eigenvalue weighted by Crippen LogP contribution is -2.28. The number of nitrogens with one attached hydrogen (secondary N) is 1. The van der Waals surface area contributed by atoms with Gasteiger partial charge in [-0.2, -0.15) is 8.78 Å². The molecule has 0 aliphatic heterocycles. The van der Waals surface area contributed by atoms with Crippen molar-refractivity contribution in [3.05, 3.63) is 64.7 Å². The molecule has 1 amide bonds. The maximum absolute atomic E-state index is 12.0. The third-order valence-electron chi connectivity index (χ3n) is 3.08. The highest BCUT2D eigenvalue weighted by atomic mass is 35.5. The third-order valence-corrected chi connectivity index (χ3v) is 3.45. The van der Waals surface area contributed by atoms with Crippen molar-refractivity contribution in [3.63, 3.8) is 0 Å². The molecule has 0 saturated heterocycles. The minimum Gasteiger partial charge on any atom is -0.452 e. The number of hydrogen-bond acceptors (Lipinski definition) is 4. The van der Waals surface area contributed by atoms with Gasteiger partial charge in [0.1, 0.15) is 5.75 Å². The first-order valence-electron chi connectivity index (χ1n) is 7.18. The summed E-state index contributed by atoms with van der Waals surface area (Å²) in [7, 11) is 0. The largest absolute Gasteiger partial charge is 0.452 e. The summed E-state index contributed by atoms with van der Waals surface area (Å²) in [5, 5.41) is 3.09. The van der Waals surface area contributed by atoms with Gasteiger partial charge in [0, 0.05) is 11.6 Å². The number of esters is 1. The van der Waals surface area contributed by atoms with Crippen LogP contribution in [0.25, 0.3) is 0 Å². The summed E-state index contributed by atoms with van der Waals surface area (Å²) in [5.74, 6) is -1.33. The average molecular weight is 370 g/mol. The van der Waals surface area contributed by atoms with E-state index >= 15 is 0 Å². The highest BCUT2D eigenvalue weighted by Crippen LogP contribution is 2.16. The molecule has 0 saturated carbocycles. The molecular weight excluding hydrogens is 356 g/mol. The fourth-order valence-corrected chi connectivity index (χ4v) is 2.08. The molecule has 2 aromatic carbocycles. The van der Waals surface area contributed by atoms with Crippen LogP contribution in [0.4, 0.5) is 8.78 Å². The van der Waals surface area contributed by atoms with Crippen LogP contribution in [0.5, 0.6) is 5.75 Å². The highest BCUT2D eigenvalue weighted by molar-refractivity contribution is 6.31. The molecule has 0 atom stereocenters. The first-order valence-corrected chi connectivity index (χ1v) is 7.55. The van der Waals surface area contributed by atoms with Crippen molar-refractivity contribution in [3.8, 4) is 5.75 Å². The number of alkyl halides is 2. The van der Waals surface area contributed by atoms with E-state index in [2.05, 4.69) is 10.1 Å². The Bertz CT molecular complexity index is 738. The molecule has 0 bridgehead atoms. The molecule has 0 fully saturated rings. The van der Waals surface area contributed by atoms with Crippen LogP contribution in [0.2, 0.25) is 5.02 Å². The van der Waals surface area contributed by atoms with Gasteiger partial charge in [0.15, 0.2) is 6.61 Å². The Morgan fingerprint density at radius 2 is 1.76 bits per heavy atom. The summed E-state index contributed by atoms with van der Waals surface area (Å²) in [6, 6.07) is 12.0. The summed E-state index contributed by atoms with van der Waals surface area (Å²) in [4.78, 5) is 23.5. The molecule has 0 radical (unpaired) electrons. The highest BCUT2D eigenvalue weighted by Gasteiger charge is 2.11. The molecule has 25 heavy (non-hydrogen) atoms. The van der Waals surface area contributed by atoms with Crippen LogP contribution in [0.15, 0.2) is 48.5 Å². The summed E-state index contributed by atoms with van der Waals surface area (Å²) in [6.07, 6.45) is 0. The SMILES string of the molecule is O=C(COC(=O)c1ccc(OC(F)F)cc1)NCc1ccccc1Cl. The molecule has 8 heteroatoms. The van der Waals surface area contributed by atoms with Crippen LogP contribution in [0.3, 0.4) is 0 Å². The van der Waals surface area contributed by atoms with Crippen LogP contribution in [0.1, 0.15) is 15.9 Å². The van der Waals surface area contributed by atoms with Crippen molar-refractivity contribution in [2.75, 3.05) is 6.61 Å². The lowest BCUT2D eigenvalue weighted by molar-refractivity contribution is -0.124. The zero-order chi connectivity index (χ0) is 18.2. The quantitative estimate of drug-likeness (QED) is 0.760. The van der Waals surface area contributed by atoms with Gasteiger partial charge in [-0.25, -0.2) is 4.79 Å². The average Bonchev–Trinajstić information content (AvgIpc) is 2.59. The molecule has 5 nitrogen and oxygen atoms in total. The smallest absolute Gasteiger partial charge is 0.387 e. The molecule has 2 aromatic rings. The predicted octanol–water partition coefficient (Wildman–Crippen LogP) is 3.41. The van der Waals surface area contributed by atoms with Crippen molar-refractivity contribution in [2.24, 2.45) is 0 Å². The first kappa shape index (κ1) is 18.7. The van der Waals surface area contributed by atoms with Gasteiger partial charge < -0.3 is 14.8 Å². The Hall–Kier alpha value is -2.67. The lowest BCUT2D eigenvalue weighted by Gasteiger charge is -2.08. The molecule has 0 heterocycles. The van der Waals surface area contributed by atoms with E-state index in [9.17, 15) is 18.4 Å². The van der Waals surface area contributed by atoms with Gasteiger partial charge in [-0.05, 0) is 35.9 Å². The summed E-state index contributed by atoms with van der Waals surface area (Å²) < 4.78 is 33.1. The van der Waals surface area contributed by atoms with Gasteiger partial charge >= 0.3 is 12.6 Å². The van der Waals surface area contributed by atoms with Crippen LogP contribution < -0.4 is 10.1 Å². The second kappa shape index (κ2) is 8.98. The van der Waals surface area contributed by atoms with E-state index in [1.807, 2.05) is 0 Å². The predicted molar refractivity (Wildman–Crippen MR) is 86.7 cm³/mol. The van der Waals surface area contributed by atoms with Crippen molar-refractivity contribution in [1.82, 2.24) is 5.32 Å². The fraction of sp³-hybridized carbons (Fsp3) is 0.176. The first-order chi connectivity index (χ1) is 12.0. The van der Waals surface area contributed by atoms with Crippen LogP contribution in [0, 0.1) is 0 Å². The molecule has 0 aliphatic rings. The Balaban J connectivity index is 1.79.